The highest BCUT2D eigenvalue weighted by atomic mass is 35.5. The second-order valence-electron chi connectivity index (χ2n) is 2.79. The third-order valence-electron chi connectivity index (χ3n) is 1.76. The zero-order valence-electron chi connectivity index (χ0n) is 8.25. The molecular formula is C8H12ClN3O2S. The van der Waals surface area contributed by atoms with E-state index in [1.165, 1.54) is 6.20 Å². The van der Waals surface area contributed by atoms with Gasteiger partial charge in [0.15, 0.2) is 0 Å². The molecule has 0 aliphatic heterocycles. The van der Waals surface area contributed by atoms with Crippen LogP contribution < -0.4 is 10.9 Å². The normalized spacial score (nSPS) is 12.4. The van der Waals surface area contributed by atoms with Crippen molar-refractivity contribution in [2.75, 3.05) is 23.4 Å². The fourth-order valence-electron chi connectivity index (χ4n) is 0.951. The van der Waals surface area contributed by atoms with Crippen molar-refractivity contribution in [3.8, 4) is 0 Å². The van der Waals surface area contributed by atoms with Gasteiger partial charge >= 0.3 is 0 Å². The lowest BCUT2D eigenvalue weighted by molar-refractivity contribution is 0.684. The lowest BCUT2D eigenvalue weighted by atomic mass is 10.4. The van der Waals surface area contributed by atoms with Crippen molar-refractivity contribution in [3.05, 3.63) is 21.6 Å². The molecule has 0 radical (unpaired) electrons. The Morgan fingerprint density at radius 3 is 3.07 bits per heavy atom. The predicted octanol–water partition coefficient (Wildman–Crippen LogP) is 0.604. The van der Waals surface area contributed by atoms with E-state index in [9.17, 15) is 9.00 Å². The summed E-state index contributed by atoms with van der Waals surface area (Å²) in [5.74, 6) is 1.16. The van der Waals surface area contributed by atoms with Crippen LogP contribution in [-0.4, -0.2) is 32.5 Å². The van der Waals surface area contributed by atoms with Crippen LogP contribution in [0.3, 0.4) is 0 Å². The molecule has 0 amide bonds. The Morgan fingerprint density at radius 1 is 1.67 bits per heavy atom. The van der Waals surface area contributed by atoms with Gasteiger partial charge in [-0.2, -0.15) is 5.10 Å². The van der Waals surface area contributed by atoms with E-state index in [1.54, 1.807) is 0 Å². The average molecular weight is 250 g/mol. The van der Waals surface area contributed by atoms with Gasteiger partial charge in [0.05, 0.1) is 11.9 Å². The second kappa shape index (κ2) is 5.87. The second-order valence-corrected chi connectivity index (χ2v) is 5.03. The third kappa shape index (κ3) is 3.64. The summed E-state index contributed by atoms with van der Waals surface area (Å²) in [5, 5.41) is 8.80. The summed E-state index contributed by atoms with van der Waals surface area (Å²) in [4.78, 5) is 11.0. The van der Waals surface area contributed by atoms with Crippen LogP contribution in [0.4, 0.5) is 5.69 Å². The van der Waals surface area contributed by atoms with E-state index in [0.717, 1.165) is 0 Å². The molecule has 0 spiro atoms. The summed E-state index contributed by atoms with van der Waals surface area (Å²) in [5.41, 5.74) is 0.0341. The van der Waals surface area contributed by atoms with Crippen molar-refractivity contribution in [3.63, 3.8) is 0 Å². The molecule has 1 atom stereocenters. The van der Waals surface area contributed by atoms with Crippen LogP contribution in [0.1, 0.15) is 6.92 Å². The number of aromatic nitrogens is 2. The van der Waals surface area contributed by atoms with Gasteiger partial charge in [-0.05, 0) is 0 Å². The highest BCUT2D eigenvalue weighted by Crippen LogP contribution is 2.13. The van der Waals surface area contributed by atoms with E-state index in [4.69, 9.17) is 11.6 Å². The van der Waals surface area contributed by atoms with Gasteiger partial charge in [0.1, 0.15) is 5.02 Å². The van der Waals surface area contributed by atoms with Crippen molar-refractivity contribution in [2.24, 2.45) is 0 Å². The molecule has 1 aromatic heterocycles. The lowest BCUT2D eigenvalue weighted by Crippen LogP contribution is -2.16. The monoisotopic (exact) mass is 249 g/mol. The van der Waals surface area contributed by atoms with Gasteiger partial charge in [-0.15, -0.1) is 0 Å². The molecule has 0 aromatic carbocycles. The van der Waals surface area contributed by atoms with Crippen LogP contribution in [0, 0.1) is 0 Å². The van der Waals surface area contributed by atoms with Crippen LogP contribution in [0.5, 0.6) is 0 Å². The van der Waals surface area contributed by atoms with E-state index in [0.29, 0.717) is 23.7 Å². The number of halogens is 1. The summed E-state index contributed by atoms with van der Waals surface area (Å²) >= 11 is 5.72. The number of hydrogen-bond donors (Lipinski definition) is 2. The molecule has 1 aromatic rings. The molecule has 15 heavy (non-hydrogen) atoms. The third-order valence-corrected chi connectivity index (χ3v) is 3.44. The summed E-state index contributed by atoms with van der Waals surface area (Å²) in [6.07, 6.45) is 1.43. The van der Waals surface area contributed by atoms with Gasteiger partial charge < -0.3 is 5.32 Å². The Morgan fingerprint density at radius 2 is 2.40 bits per heavy atom. The largest absolute Gasteiger partial charge is 0.381 e. The Balaban J connectivity index is 2.55. The van der Waals surface area contributed by atoms with Gasteiger partial charge in [-0.3, -0.25) is 9.00 Å². The molecule has 84 valence electrons. The molecule has 0 aliphatic carbocycles. The van der Waals surface area contributed by atoms with Crippen LogP contribution in [0.2, 0.25) is 5.02 Å². The van der Waals surface area contributed by atoms with Crippen molar-refractivity contribution < 1.29 is 4.21 Å². The quantitative estimate of drug-likeness (QED) is 0.802. The average Bonchev–Trinajstić information content (AvgIpc) is 2.24. The molecule has 1 heterocycles. The van der Waals surface area contributed by atoms with Gasteiger partial charge in [-0.25, -0.2) is 5.10 Å². The molecule has 0 fully saturated rings. The zero-order valence-corrected chi connectivity index (χ0v) is 9.82. The number of hydrogen-bond acceptors (Lipinski definition) is 4. The number of aromatic amines is 1. The zero-order chi connectivity index (χ0) is 11.3. The van der Waals surface area contributed by atoms with Gasteiger partial charge in [0, 0.05) is 28.9 Å². The molecule has 0 aliphatic rings. The maximum Gasteiger partial charge on any atom is 0.285 e. The molecule has 0 bridgehead atoms. The highest BCUT2D eigenvalue weighted by molar-refractivity contribution is 7.84. The summed E-state index contributed by atoms with van der Waals surface area (Å²) < 4.78 is 11.1. The van der Waals surface area contributed by atoms with Crippen molar-refractivity contribution in [1.82, 2.24) is 10.2 Å². The predicted molar refractivity (Wildman–Crippen MR) is 61.9 cm³/mol. The number of rotatable bonds is 5. The molecule has 2 N–H and O–H groups in total. The standard InChI is InChI=1S/C8H12ClN3O2S/c1-2-15(14)4-3-10-6-5-11-12-8(13)7(6)9/h5H,2-4H2,1H3,(H2,10,12,13). The SMILES string of the molecule is CCS(=O)CCNc1cn[nH]c(=O)c1Cl. The topological polar surface area (TPSA) is 74.8 Å². The molecule has 5 nitrogen and oxygen atoms in total. The fraction of sp³-hybridized carbons (Fsp3) is 0.500. The molecular weight excluding hydrogens is 238 g/mol. The first-order valence-electron chi connectivity index (χ1n) is 4.47. The first-order valence-corrected chi connectivity index (χ1v) is 6.33. The van der Waals surface area contributed by atoms with Gasteiger partial charge in [0.2, 0.25) is 0 Å². The van der Waals surface area contributed by atoms with E-state index in [2.05, 4.69) is 15.5 Å². The lowest BCUT2D eigenvalue weighted by Gasteiger charge is -2.05. The number of H-pyrrole nitrogens is 1. The number of nitrogens with zero attached hydrogens (tertiary/aromatic N) is 1. The number of nitrogens with one attached hydrogen (secondary N) is 2. The van der Waals surface area contributed by atoms with E-state index < -0.39 is 16.4 Å². The van der Waals surface area contributed by atoms with E-state index in [1.807, 2.05) is 6.92 Å². The summed E-state index contributed by atoms with van der Waals surface area (Å²) in [6, 6.07) is 0. The van der Waals surface area contributed by atoms with E-state index in [-0.39, 0.29) is 5.02 Å². The van der Waals surface area contributed by atoms with Crippen LogP contribution >= 0.6 is 11.6 Å². The van der Waals surface area contributed by atoms with Gasteiger partial charge in [0.25, 0.3) is 5.56 Å². The van der Waals surface area contributed by atoms with Crippen LogP contribution in [0.25, 0.3) is 0 Å². The Bertz CT molecular complexity index is 407. The van der Waals surface area contributed by atoms with Crippen LogP contribution in [0.15, 0.2) is 11.0 Å². The minimum Gasteiger partial charge on any atom is -0.381 e. The Kier molecular flexibility index (Phi) is 4.77. The molecule has 1 unspecified atom stereocenters. The van der Waals surface area contributed by atoms with Crippen molar-refractivity contribution >= 4 is 28.1 Å². The van der Waals surface area contributed by atoms with Crippen molar-refractivity contribution in [2.45, 2.75) is 6.92 Å². The fourth-order valence-corrected chi connectivity index (χ4v) is 1.73. The highest BCUT2D eigenvalue weighted by Gasteiger charge is 2.04. The molecule has 1 rings (SSSR count). The summed E-state index contributed by atoms with van der Waals surface area (Å²) in [7, 11) is -0.825. The molecule has 7 heteroatoms. The van der Waals surface area contributed by atoms with Crippen molar-refractivity contribution in [1.29, 1.82) is 0 Å². The maximum atomic E-state index is 11.1. The Hall–Kier alpha value is -0.880. The Labute approximate surface area is 94.7 Å². The smallest absolute Gasteiger partial charge is 0.285 e. The summed E-state index contributed by atoms with van der Waals surface area (Å²) in [6.45, 7) is 2.36. The maximum absolute atomic E-state index is 11.1. The first-order chi connectivity index (χ1) is 7.15. The van der Waals surface area contributed by atoms with E-state index >= 15 is 0 Å². The minimum atomic E-state index is -0.825. The van der Waals surface area contributed by atoms with Gasteiger partial charge in [-0.1, -0.05) is 18.5 Å². The molecule has 0 saturated heterocycles. The molecule has 0 saturated carbocycles. The number of anilines is 1. The minimum absolute atomic E-state index is 0.0762. The van der Waals surface area contributed by atoms with Crippen LogP contribution in [-0.2, 0) is 10.8 Å². The first kappa shape index (κ1) is 12.2.